The van der Waals surface area contributed by atoms with Crippen LogP contribution < -0.4 is 10.1 Å². The molecule has 0 saturated heterocycles. The summed E-state index contributed by atoms with van der Waals surface area (Å²) in [6.45, 7) is 2.38. The van der Waals surface area contributed by atoms with Crippen LogP contribution in [0.4, 0.5) is 5.69 Å². The second-order valence-corrected chi connectivity index (χ2v) is 4.22. The van der Waals surface area contributed by atoms with E-state index in [0.717, 1.165) is 5.56 Å². The van der Waals surface area contributed by atoms with E-state index in [1.54, 1.807) is 12.4 Å². The Hall–Kier alpha value is -2.43. The number of aryl methyl sites for hydroxylation is 1. The number of carbonyl (C=O) groups is 1. The Kier molecular flexibility index (Phi) is 5.06. The molecule has 1 amide bonds. The van der Waals surface area contributed by atoms with Crippen LogP contribution in [-0.4, -0.2) is 22.5 Å². The van der Waals surface area contributed by atoms with Crippen molar-refractivity contribution in [3.63, 3.8) is 0 Å². The van der Waals surface area contributed by atoms with Crippen LogP contribution in [0.5, 0.6) is 6.01 Å². The maximum absolute atomic E-state index is 11.8. The fraction of sp³-hybridized carbons (Fsp3) is 0.267. The Labute approximate surface area is 118 Å². The van der Waals surface area contributed by atoms with Gasteiger partial charge in [-0.2, -0.15) is 0 Å². The van der Waals surface area contributed by atoms with Gasteiger partial charge in [-0.15, -0.1) is 0 Å². The third-order valence-corrected chi connectivity index (χ3v) is 2.67. The van der Waals surface area contributed by atoms with E-state index in [2.05, 4.69) is 15.3 Å². The number of hydrogen-bond acceptors (Lipinski definition) is 4. The zero-order valence-electron chi connectivity index (χ0n) is 11.4. The van der Waals surface area contributed by atoms with E-state index in [-0.39, 0.29) is 5.91 Å². The van der Waals surface area contributed by atoms with E-state index in [9.17, 15) is 4.79 Å². The molecule has 0 aliphatic heterocycles. The van der Waals surface area contributed by atoms with Crippen LogP contribution >= 0.6 is 0 Å². The first-order valence-corrected chi connectivity index (χ1v) is 6.56. The van der Waals surface area contributed by atoms with Crippen molar-refractivity contribution in [3.05, 3.63) is 48.3 Å². The van der Waals surface area contributed by atoms with Gasteiger partial charge in [0.05, 0.1) is 24.7 Å². The van der Waals surface area contributed by atoms with Crippen molar-refractivity contribution in [2.24, 2.45) is 0 Å². The van der Waals surface area contributed by atoms with Crippen molar-refractivity contribution in [3.8, 4) is 6.01 Å². The zero-order valence-corrected chi connectivity index (χ0v) is 11.4. The first-order chi connectivity index (χ1) is 9.78. The van der Waals surface area contributed by atoms with Crippen molar-refractivity contribution < 1.29 is 9.53 Å². The highest BCUT2D eigenvalue weighted by molar-refractivity contribution is 5.90. The smallest absolute Gasteiger partial charge is 0.316 e. The molecule has 0 spiro atoms. The molecule has 20 heavy (non-hydrogen) atoms. The molecular formula is C15H17N3O2. The molecule has 1 aromatic carbocycles. The molecule has 1 aromatic heterocycles. The molecule has 5 heteroatoms. The quantitative estimate of drug-likeness (QED) is 0.876. The highest BCUT2D eigenvalue weighted by Gasteiger charge is 2.04. The van der Waals surface area contributed by atoms with Crippen LogP contribution in [0.25, 0.3) is 0 Å². The third-order valence-electron chi connectivity index (χ3n) is 2.67. The summed E-state index contributed by atoms with van der Waals surface area (Å²) in [4.78, 5) is 19.8. The van der Waals surface area contributed by atoms with Gasteiger partial charge in [-0.1, -0.05) is 30.3 Å². The van der Waals surface area contributed by atoms with E-state index < -0.39 is 0 Å². The summed E-state index contributed by atoms with van der Waals surface area (Å²) in [6, 6.07) is 10.2. The Balaban J connectivity index is 1.82. The molecule has 2 aromatic rings. The van der Waals surface area contributed by atoms with Gasteiger partial charge in [-0.25, -0.2) is 9.97 Å². The second kappa shape index (κ2) is 7.23. The summed E-state index contributed by atoms with van der Waals surface area (Å²) in [6.07, 6.45) is 4.22. The third kappa shape index (κ3) is 4.35. The highest BCUT2D eigenvalue weighted by atomic mass is 16.5. The summed E-state index contributed by atoms with van der Waals surface area (Å²) in [5.74, 6) is -0.0541. The first kappa shape index (κ1) is 14.0. The molecule has 0 bridgehead atoms. The number of hydrogen-bond donors (Lipinski definition) is 1. The second-order valence-electron chi connectivity index (χ2n) is 4.22. The monoisotopic (exact) mass is 271 g/mol. The standard InChI is InChI=1S/C15H17N3O2/c1-2-20-15-16-10-13(11-17-15)18-14(19)9-8-12-6-4-3-5-7-12/h3-7,10-11H,2,8-9H2,1H3,(H,18,19). The fourth-order valence-corrected chi connectivity index (χ4v) is 1.71. The normalized spacial score (nSPS) is 10.1. The van der Waals surface area contributed by atoms with E-state index in [0.29, 0.717) is 31.1 Å². The van der Waals surface area contributed by atoms with Crippen molar-refractivity contribution in [2.45, 2.75) is 19.8 Å². The van der Waals surface area contributed by atoms with Crippen LogP contribution in [0.3, 0.4) is 0 Å². The summed E-state index contributed by atoms with van der Waals surface area (Å²) in [5.41, 5.74) is 1.72. The number of amides is 1. The van der Waals surface area contributed by atoms with Gasteiger partial charge >= 0.3 is 6.01 Å². The molecule has 0 fully saturated rings. The Morgan fingerprint density at radius 1 is 1.20 bits per heavy atom. The largest absolute Gasteiger partial charge is 0.464 e. The average Bonchev–Trinajstić information content (AvgIpc) is 2.49. The van der Waals surface area contributed by atoms with Crippen LogP contribution in [0, 0.1) is 0 Å². The molecule has 1 heterocycles. The Morgan fingerprint density at radius 2 is 1.90 bits per heavy atom. The van der Waals surface area contributed by atoms with E-state index in [4.69, 9.17) is 4.74 Å². The van der Waals surface area contributed by atoms with Crippen molar-refractivity contribution in [2.75, 3.05) is 11.9 Å². The summed E-state index contributed by atoms with van der Waals surface area (Å²) >= 11 is 0. The van der Waals surface area contributed by atoms with Gasteiger partial charge in [-0.3, -0.25) is 4.79 Å². The molecule has 0 aliphatic carbocycles. The highest BCUT2D eigenvalue weighted by Crippen LogP contribution is 2.09. The van der Waals surface area contributed by atoms with Gasteiger partial charge in [0.2, 0.25) is 5.91 Å². The predicted molar refractivity (Wildman–Crippen MR) is 76.6 cm³/mol. The van der Waals surface area contributed by atoms with Crippen molar-refractivity contribution in [1.29, 1.82) is 0 Å². The van der Waals surface area contributed by atoms with E-state index >= 15 is 0 Å². The Bertz CT molecular complexity index is 541. The van der Waals surface area contributed by atoms with Crippen LogP contribution in [0.2, 0.25) is 0 Å². The molecule has 5 nitrogen and oxygen atoms in total. The molecule has 2 rings (SSSR count). The van der Waals surface area contributed by atoms with Crippen molar-refractivity contribution in [1.82, 2.24) is 9.97 Å². The van der Waals surface area contributed by atoms with E-state index in [1.165, 1.54) is 0 Å². The van der Waals surface area contributed by atoms with Gasteiger partial charge in [-0.05, 0) is 18.9 Å². The number of nitrogens with one attached hydrogen (secondary N) is 1. The number of nitrogens with zero attached hydrogens (tertiary/aromatic N) is 2. The minimum Gasteiger partial charge on any atom is -0.464 e. The molecule has 1 N–H and O–H groups in total. The van der Waals surface area contributed by atoms with E-state index in [1.807, 2.05) is 37.3 Å². The summed E-state index contributed by atoms with van der Waals surface area (Å²) in [5, 5.41) is 2.76. The number of rotatable bonds is 6. The zero-order chi connectivity index (χ0) is 14.2. The minimum absolute atomic E-state index is 0.0541. The number of carbonyl (C=O) groups excluding carboxylic acids is 1. The predicted octanol–water partition coefficient (Wildman–Crippen LogP) is 2.45. The van der Waals surface area contributed by atoms with Gasteiger partial charge < -0.3 is 10.1 Å². The maximum atomic E-state index is 11.8. The SMILES string of the molecule is CCOc1ncc(NC(=O)CCc2ccccc2)cn1. The van der Waals surface area contributed by atoms with Gasteiger partial charge in [0.25, 0.3) is 0 Å². The molecule has 0 aliphatic rings. The summed E-state index contributed by atoms with van der Waals surface area (Å²) < 4.78 is 5.14. The molecule has 104 valence electrons. The molecule has 0 unspecified atom stereocenters. The van der Waals surface area contributed by atoms with Crippen molar-refractivity contribution >= 4 is 11.6 Å². The number of benzene rings is 1. The molecular weight excluding hydrogens is 254 g/mol. The minimum atomic E-state index is -0.0541. The fourth-order valence-electron chi connectivity index (χ4n) is 1.71. The van der Waals surface area contributed by atoms with Gasteiger partial charge in [0.1, 0.15) is 0 Å². The molecule has 0 saturated carbocycles. The topological polar surface area (TPSA) is 64.1 Å². The number of ether oxygens (including phenoxy) is 1. The Morgan fingerprint density at radius 3 is 2.55 bits per heavy atom. The molecule has 0 radical (unpaired) electrons. The average molecular weight is 271 g/mol. The van der Waals surface area contributed by atoms with Gasteiger partial charge in [0, 0.05) is 6.42 Å². The van der Waals surface area contributed by atoms with Crippen LogP contribution in [0.1, 0.15) is 18.9 Å². The lowest BCUT2D eigenvalue weighted by Gasteiger charge is -2.05. The maximum Gasteiger partial charge on any atom is 0.316 e. The number of anilines is 1. The molecule has 0 atom stereocenters. The lowest BCUT2D eigenvalue weighted by molar-refractivity contribution is -0.116. The lowest BCUT2D eigenvalue weighted by Crippen LogP contribution is -2.13. The van der Waals surface area contributed by atoms with Gasteiger partial charge in [0.15, 0.2) is 0 Å². The summed E-state index contributed by atoms with van der Waals surface area (Å²) in [7, 11) is 0. The number of aromatic nitrogens is 2. The van der Waals surface area contributed by atoms with Crippen LogP contribution in [-0.2, 0) is 11.2 Å². The lowest BCUT2D eigenvalue weighted by atomic mass is 10.1. The van der Waals surface area contributed by atoms with Crippen LogP contribution in [0.15, 0.2) is 42.7 Å². The first-order valence-electron chi connectivity index (χ1n) is 6.56.